The Labute approximate surface area is 145 Å². The van der Waals surface area contributed by atoms with Crippen molar-refractivity contribution in [3.63, 3.8) is 0 Å². The molecule has 5 heteroatoms. The van der Waals surface area contributed by atoms with Crippen LogP contribution in [0.4, 0.5) is 0 Å². The molecule has 3 heterocycles. The summed E-state index contributed by atoms with van der Waals surface area (Å²) in [7, 11) is 0. The van der Waals surface area contributed by atoms with Gasteiger partial charge in [0.05, 0.1) is 17.8 Å². The lowest BCUT2D eigenvalue weighted by Crippen LogP contribution is -2.59. The minimum atomic E-state index is 0.142. The summed E-state index contributed by atoms with van der Waals surface area (Å²) < 4.78 is 2.11. The van der Waals surface area contributed by atoms with Gasteiger partial charge in [-0.2, -0.15) is 5.10 Å². The zero-order chi connectivity index (χ0) is 16.7. The molecule has 0 bridgehead atoms. The van der Waals surface area contributed by atoms with Gasteiger partial charge in [-0.1, -0.05) is 19.3 Å². The highest BCUT2D eigenvalue weighted by atomic mass is 16.2. The third kappa shape index (κ3) is 2.87. The summed E-state index contributed by atoms with van der Waals surface area (Å²) in [4.78, 5) is 17.7. The zero-order valence-corrected chi connectivity index (χ0v) is 15.1. The normalized spacial score (nSPS) is 26.8. The van der Waals surface area contributed by atoms with E-state index in [1.165, 1.54) is 44.2 Å². The van der Waals surface area contributed by atoms with Crippen molar-refractivity contribution < 1.29 is 4.79 Å². The second-order valence-electron chi connectivity index (χ2n) is 7.96. The van der Waals surface area contributed by atoms with Gasteiger partial charge in [-0.05, 0) is 52.1 Å². The van der Waals surface area contributed by atoms with Crippen LogP contribution in [0.2, 0.25) is 0 Å². The molecule has 3 fully saturated rings. The van der Waals surface area contributed by atoms with Crippen LogP contribution in [0.15, 0.2) is 6.07 Å². The molecule has 1 amide bonds. The maximum atomic E-state index is 13.1. The SMILES string of the molecule is Cc1cc(C)n(C2CN(C(=O)C3CCCCN3C3CCCC3)C2)n1. The first-order valence-electron chi connectivity index (χ1n) is 9.71. The zero-order valence-electron chi connectivity index (χ0n) is 15.1. The molecular formula is C19H30N4O. The first-order chi connectivity index (χ1) is 11.6. The Balaban J connectivity index is 1.39. The van der Waals surface area contributed by atoms with E-state index in [4.69, 9.17) is 0 Å². The molecule has 1 atom stereocenters. The molecule has 0 radical (unpaired) electrons. The topological polar surface area (TPSA) is 41.4 Å². The molecule has 0 N–H and O–H groups in total. The van der Waals surface area contributed by atoms with Crippen molar-refractivity contribution in [3.05, 3.63) is 17.5 Å². The van der Waals surface area contributed by atoms with Gasteiger partial charge in [0.2, 0.25) is 5.91 Å². The Kier molecular flexibility index (Phi) is 4.37. The molecule has 1 aromatic heterocycles. The van der Waals surface area contributed by atoms with Gasteiger partial charge >= 0.3 is 0 Å². The van der Waals surface area contributed by atoms with Crippen molar-refractivity contribution in [1.29, 1.82) is 0 Å². The smallest absolute Gasteiger partial charge is 0.240 e. The van der Waals surface area contributed by atoms with Gasteiger partial charge in [-0.3, -0.25) is 14.4 Å². The van der Waals surface area contributed by atoms with Crippen molar-refractivity contribution in [2.24, 2.45) is 0 Å². The third-order valence-electron chi connectivity index (χ3n) is 6.19. The Morgan fingerprint density at radius 2 is 1.75 bits per heavy atom. The lowest BCUT2D eigenvalue weighted by atomic mass is 9.96. The van der Waals surface area contributed by atoms with Crippen LogP contribution in [0.3, 0.4) is 0 Å². The fourth-order valence-corrected chi connectivity index (χ4v) is 4.91. The van der Waals surface area contributed by atoms with Crippen LogP contribution < -0.4 is 0 Å². The number of rotatable bonds is 3. The highest BCUT2D eigenvalue weighted by Gasteiger charge is 2.41. The average molecular weight is 330 g/mol. The maximum absolute atomic E-state index is 13.1. The number of nitrogens with zero attached hydrogens (tertiary/aromatic N) is 4. The van der Waals surface area contributed by atoms with Crippen molar-refractivity contribution in [2.75, 3.05) is 19.6 Å². The Bertz CT molecular complexity index is 599. The fraction of sp³-hybridized carbons (Fsp3) is 0.789. The van der Waals surface area contributed by atoms with E-state index in [1.807, 2.05) is 6.92 Å². The number of carbonyl (C=O) groups excluding carboxylic acids is 1. The summed E-state index contributed by atoms with van der Waals surface area (Å²) in [6, 6.07) is 3.29. The van der Waals surface area contributed by atoms with Gasteiger partial charge in [0.1, 0.15) is 0 Å². The van der Waals surface area contributed by atoms with E-state index in [-0.39, 0.29) is 6.04 Å². The molecule has 1 unspecified atom stereocenters. The molecule has 0 spiro atoms. The molecular weight excluding hydrogens is 300 g/mol. The Hall–Kier alpha value is -1.36. The Morgan fingerprint density at radius 1 is 1.04 bits per heavy atom. The molecule has 4 rings (SSSR count). The van der Waals surface area contributed by atoms with Crippen molar-refractivity contribution in [2.45, 2.75) is 76.9 Å². The molecule has 2 saturated heterocycles. The molecule has 132 valence electrons. The van der Waals surface area contributed by atoms with Crippen LogP contribution in [0.5, 0.6) is 0 Å². The molecule has 2 aliphatic heterocycles. The molecule has 24 heavy (non-hydrogen) atoms. The van der Waals surface area contributed by atoms with Crippen LogP contribution >= 0.6 is 0 Å². The van der Waals surface area contributed by atoms with Crippen LogP contribution in [0.25, 0.3) is 0 Å². The van der Waals surface area contributed by atoms with E-state index in [1.54, 1.807) is 0 Å². The van der Waals surface area contributed by atoms with E-state index in [0.29, 0.717) is 18.0 Å². The third-order valence-corrected chi connectivity index (χ3v) is 6.19. The van der Waals surface area contributed by atoms with E-state index in [9.17, 15) is 4.79 Å². The fourth-order valence-electron chi connectivity index (χ4n) is 4.91. The van der Waals surface area contributed by atoms with Crippen LogP contribution in [-0.2, 0) is 4.79 Å². The molecule has 5 nitrogen and oxygen atoms in total. The van der Waals surface area contributed by atoms with E-state index >= 15 is 0 Å². The maximum Gasteiger partial charge on any atom is 0.240 e. The summed E-state index contributed by atoms with van der Waals surface area (Å²) in [5.74, 6) is 0.374. The van der Waals surface area contributed by atoms with E-state index < -0.39 is 0 Å². The lowest BCUT2D eigenvalue weighted by Gasteiger charge is -2.46. The quantitative estimate of drug-likeness (QED) is 0.855. The van der Waals surface area contributed by atoms with Gasteiger partial charge in [-0.15, -0.1) is 0 Å². The number of hydrogen-bond acceptors (Lipinski definition) is 3. The molecule has 1 saturated carbocycles. The molecule has 1 aliphatic carbocycles. The minimum Gasteiger partial charge on any atom is -0.337 e. The van der Waals surface area contributed by atoms with E-state index in [0.717, 1.165) is 31.7 Å². The van der Waals surface area contributed by atoms with Crippen LogP contribution in [-0.4, -0.2) is 57.2 Å². The van der Waals surface area contributed by atoms with Crippen molar-refractivity contribution >= 4 is 5.91 Å². The van der Waals surface area contributed by atoms with Crippen LogP contribution in [0.1, 0.15) is 62.4 Å². The summed E-state index contributed by atoms with van der Waals surface area (Å²) in [6.07, 6.45) is 8.77. The highest BCUT2D eigenvalue weighted by Crippen LogP contribution is 2.32. The highest BCUT2D eigenvalue weighted by molar-refractivity contribution is 5.82. The van der Waals surface area contributed by atoms with Gasteiger partial charge in [0.25, 0.3) is 0 Å². The van der Waals surface area contributed by atoms with Crippen molar-refractivity contribution in [3.8, 4) is 0 Å². The number of hydrogen-bond donors (Lipinski definition) is 0. The van der Waals surface area contributed by atoms with Crippen LogP contribution in [0, 0.1) is 13.8 Å². The molecule has 3 aliphatic rings. The number of aromatic nitrogens is 2. The number of carbonyl (C=O) groups is 1. The van der Waals surface area contributed by atoms with Gasteiger partial charge in [-0.25, -0.2) is 0 Å². The first-order valence-corrected chi connectivity index (χ1v) is 9.71. The van der Waals surface area contributed by atoms with Crippen molar-refractivity contribution in [1.82, 2.24) is 19.6 Å². The molecule has 0 aromatic carbocycles. The predicted octanol–water partition coefficient (Wildman–Crippen LogP) is 2.68. The first kappa shape index (κ1) is 16.1. The lowest BCUT2D eigenvalue weighted by molar-refractivity contribution is -0.145. The number of likely N-dealkylation sites (tertiary alicyclic amines) is 2. The number of aryl methyl sites for hydroxylation is 2. The minimum absolute atomic E-state index is 0.142. The summed E-state index contributed by atoms with van der Waals surface area (Å²) >= 11 is 0. The second-order valence-corrected chi connectivity index (χ2v) is 7.96. The standard InChI is InChI=1S/C19H30N4O/c1-14-11-15(2)23(20-14)17-12-21(13-17)19(24)18-9-5-6-10-22(18)16-7-3-4-8-16/h11,16-18H,3-10,12-13H2,1-2H3. The van der Waals surface area contributed by atoms with Gasteiger partial charge < -0.3 is 4.90 Å². The Morgan fingerprint density at radius 3 is 2.42 bits per heavy atom. The monoisotopic (exact) mass is 330 g/mol. The van der Waals surface area contributed by atoms with Gasteiger partial charge in [0.15, 0.2) is 0 Å². The van der Waals surface area contributed by atoms with Gasteiger partial charge in [0, 0.05) is 24.8 Å². The summed E-state index contributed by atoms with van der Waals surface area (Å²) in [6.45, 7) is 6.92. The molecule has 1 aromatic rings. The largest absolute Gasteiger partial charge is 0.337 e. The summed E-state index contributed by atoms with van der Waals surface area (Å²) in [5.41, 5.74) is 2.27. The summed E-state index contributed by atoms with van der Waals surface area (Å²) in [5, 5.41) is 4.58. The number of piperidine rings is 1. The predicted molar refractivity (Wildman–Crippen MR) is 93.9 cm³/mol. The average Bonchev–Trinajstić information content (AvgIpc) is 3.16. The number of amides is 1. The second kappa shape index (κ2) is 6.51. The van der Waals surface area contributed by atoms with E-state index in [2.05, 4.69) is 32.6 Å².